The largest absolute Gasteiger partial charge is 0.302 e. The first-order valence-corrected chi connectivity index (χ1v) is 12.5. The zero-order valence-electron chi connectivity index (χ0n) is 19.9. The Morgan fingerprint density at radius 1 is 1.09 bits per heavy atom. The van der Waals surface area contributed by atoms with Crippen molar-refractivity contribution in [2.24, 2.45) is 13.0 Å². The van der Waals surface area contributed by atoms with E-state index >= 15 is 0 Å². The van der Waals surface area contributed by atoms with Gasteiger partial charge in [0.05, 0.1) is 22.0 Å². The zero-order chi connectivity index (χ0) is 23.5. The van der Waals surface area contributed by atoms with Crippen molar-refractivity contribution in [1.82, 2.24) is 14.7 Å². The third-order valence-electron chi connectivity index (χ3n) is 5.66. The highest BCUT2D eigenvalue weighted by molar-refractivity contribution is 7.92. The van der Waals surface area contributed by atoms with Crippen LogP contribution in [0, 0.1) is 12.8 Å². The number of hydrogen-bond acceptors (Lipinski definition) is 4. The fourth-order valence-corrected chi connectivity index (χ4v) is 4.78. The van der Waals surface area contributed by atoms with Gasteiger partial charge >= 0.3 is 0 Å². The van der Waals surface area contributed by atoms with Gasteiger partial charge in [-0.05, 0) is 67.7 Å². The molecule has 0 saturated heterocycles. The summed E-state index contributed by atoms with van der Waals surface area (Å²) in [5.41, 5.74) is 5.45. The molecule has 0 bridgehead atoms. The lowest BCUT2D eigenvalue weighted by atomic mass is 10.0. The molecule has 0 aliphatic heterocycles. The molecule has 0 amide bonds. The van der Waals surface area contributed by atoms with E-state index in [2.05, 4.69) is 54.7 Å². The predicted molar refractivity (Wildman–Crippen MR) is 131 cm³/mol. The Labute approximate surface area is 192 Å². The SMILES string of the molecule is CCN(C)Cc1cccc(-c2ccc(S(=O)(=O)Nc3c(CC(C)C)nn(C)c3C)cc2)c1. The number of sulfonamides is 1. The van der Waals surface area contributed by atoms with Gasteiger partial charge in [0.25, 0.3) is 10.0 Å². The van der Waals surface area contributed by atoms with Crippen molar-refractivity contribution < 1.29 is 8.42 Å². The molecule has 0 unspecified atom stereocenters. The molecule has 3 aromatic rings. The molecule has 7 heteroatoms. The fourth-order valence-electron chi connectivity index (χ4n) is 3.63. The fraction of sp³-hybridized carbons (Fsp3) is 0.400. The summed E-state index contributed by atoms with van der Waals surface area (Å²) in [5.74, 6) is 0.375. The maximum atomic E-state index is 13.1. The van der Waals surface area contributed by atoms with E-state index in [1.807, 2.05) is 38.2 Å². The quantitative estimate of drug-likeness (QED) is 0.502. The van der Waals surface area contributed by atoms with Crippen molar-refractivity contribution >= 4 is 15.7 Å². The van der Waals surface area contributed by atoms with Gasteiger partial charge in [0.1, 0.15) is 0 Å². The molecule has 0 saturated carbocycles. The summed E-state index contributed by atoms with van der Waals surface area (Å²) in [7, 11) is 0.207. The summed E-state index contributed by atoms with van der Waals surface area (Å²) in [4.78, 5) is 2.48. The third kappa shape index (κ3) is 5.58. The molecule has 0 aliphatic carbocycles. The van der Waals surface area contributed by atoms with Crippen LogP contribution in [0.1, 0.15) is 37.7 Å². The summed E-state index contributed by atoms with van der Waals surface area (Å²) in [5, 5.41) is 4.50. The molecule has 0 aliphatic rings. The Morgan fingerprint density at radius 2 is 1.78 bits per heavy atom. The van der Waals surface area contributed by atoms with Crippen molar-refractivity contribution in [2.75, 3.05) is 18.3 Å². The van der Waals surface area contributed by atoms with Crippen molar-refractivity contribution in [3.05, 3.63) is 65.5 Å². The van der Waals surface area contributed by atoms with E-state index in [1.54, 1.807) is 16.8 Å². The Bertz CT molecular complexity index is 1170. The second-order valence-corrected chi connectivity index (χ2v) is 10.5. The highest BCUT2D eigenvalue weighted by atomic mass is 32.2. The molecule has 6 nitrogen and oxygen atoms in total. The van der Waals surface area contributed by atoms with Crippen molar-refractivity contribution in [3.63, 3.8) is 0 Å². The van der Waals surface area contributed by atoms with Crippen LogP contribution in [0.2, 0.25) is 0 Å². The molecule has 172 valence electrons. The lowest BCUT2D eigenvalue weighted by Crippen LogP contribution is -2.16. The molecule has 0 atom stereocenters. The molecule has 1 aromatic heterocycles. The number of rotatable bonds is 9. The van der Waals surface area contributed by atoms with Gasteiger partial charge in [-0.2, -0.15) is 5.10 Å². The van der Waals surface area contributed by atoms with Crippen molar-refractivity contribution in [1.29, 1.82) is 0 Å². The van der Waals surface area contributed by atoms with E-state index in [0.717, 1.165) is 35.6 Å². The Kier molecular flexibility index (Phi) is 7.41. The number of benzene rings is 2. The van der Waals surface area contributed by atoms with Crippen LogP contribution >= 0.6 is 0 Å². The Hall–Kier alpha value is -2.64. The van der Waals surface area contributed by atoms with Crippen molar-refractivity contribution in [2.45, 2.75) is 45.6 Å². The van der Waals surface area contributed by atoms with Gasteiger partial charge in [-0.1, -0.05) is 51.1 Å². The van der Waals surface area contributed by atoms with Crippen LogP contribution < -0.4 is 4.72 Å². The van der Waals surface area contributed by atoms with Gasteiger partial charge in [-0.15, -0.1) is 0 Å². The predicted octanol–water partition coefficient (Wildman–Crippen LogP) is 4.85. The molecule has 3 rings (SSSR count). The maximum absolute atomic E-state index is 13.1. The number of nitrogens with zero attached hydrogens (tertiary/aromatic N) is 3. The van der Waals surface area contributed by atoms with Crippen LogP contribution in [-0.4, -0.2) is 36.7 Å². The summed E-state index contributed by atoms with van der Waals surface area (Å²) in [6, 6.07) is 15.4. The van der Waals surface area contributed by atoms with Gasteiger partial charge in [0.2, 0.25) is 0 Å². The van der Waals surface area contributed by atoms with Gasteiger partial charge in [-0.25, -0.2) is 8.42 Å². The first-order valence-electron chi connectivity index (χ1n) is 11.0. The molecular formula is C25H34N4O2S. The summed E-state index contributed by atoms with van der Waals surface area (Å²) >= 11 is 0. The topological polar surface area (TPSA) is 67.2 Å². The molecule has 1 N–H and O–H groups in total. The lowest BCUT2D eigenvalue weighted by Gasteiger charge is -2.14. The van der Waals surface area contributed by atoms with Crippen LogP contribution in [-0.2, 0) is 30.0 Å². The van der Waals surface area contributed by atoms with Gasteiger partial charge in [-0.3, -0.25) is 9.40 Å². The van der Waals surface area contributed by atoms with E-state index < -0.39 is 10.0 Å². The van der Waals surface area contributed by atoms with E-state index in [4.69, 9.17) is 0 Å². The third-order valence-corrected chi connectivity index (χ3v) is 7.03. The summed E-state index contributed by atoms with van der Waals surface area (Å²) in [6.45, 7) is 10.1. The number of aromatic nitrogens is 2. The van der Waals surface area contributed by atoms with Gasteiger partial charge < -0.3 is 4.90 Å². The maximum Gasteiger partial charge on any atom is 0.262 e. The monoisotopic (exact) mass is 454 g/mol. The average molecular weight is 455 g/mol. The average Bonchev–Trinajstić information content (AvgIpc) is 3.00. The molecule has 2 aromatic carbocycles. The number of anilines is 1. The van der Waals surface area contributed by atoms with Crippen molar-refractivity contribution in [3.8, 4) is 11.1 Å². The minimum absolute atomic E-state index is 0.238. The van der Waals surface area contributed by atoms with Crippen LogP contribution in [0.4, 0.5) is 5.69 Å². The second kappa shape index (κ2) is 9.88. The molecule has 32 heavy (non-hydrogen) atoms. The lowest BCUT2D eigenvalue weighted by molar-refractivity contribution is 0.346. The molecule has 0 fully saturated rings. The summed E-state index contributed by atoms with van der Waals surface area (Å²) < 4.78 is 30.7. The van der Waals surface area contributed by atoms with Crippen LogP contribution in [0.25, 0.3) is 11.1 Å². The normalized spacial score (nSPS) is 12.0. The molecular weight excluding hydrogens is 420 g/mol. The summed E-state index contributed by atoms with van der Waals surface area (Å²) in [6.07, 6.45) is 0.710. The Balaban J connectivity index is 1.84. The Morgan fingerprint density at radius 3 is 2.41 bits per heavy atom. The van der Waals surface area contributed by atoms with E-state index in [0.29, 0.717) is 18.0 Å². The minimum atomic E-state index is -3.72. The van der Waals surface area contributed by atoms with Gasteiger partial charge in [0, 0.05) is 13.6 Å². The number of nitrogens with one attached hydrogen (secondary N) is 1. The zero-order valence-corrected chi connectivity index (χ0v) is 20.7. The molecule has 0 radical (unpaired) electrons. The number of aryl methyl sites for hydroxylation is 1. The van der Waals surface area contributed by atoms with Gasteiger partial charge in [0.15, 0.2) is 0 Å². The smallest absolute Gasteiger partial charge is 0.262 e. The first-order chi connectivity index (χ1) is 15.1. The minimum Gasteiger partial charge on any atom is -0.302 e. The molecule has 0 spiro atoms. The highest BCUT2D eigenvalue weighted by Gasteiger charge is 2.21. The van der Waals surface area contributed by atoms with E-state index in [9.17, 15) is 8.42 Å². The number of hydrogen-bond donors (Lipinski definition) is 1. The standard InChI is InChI=1S/C25H34N4O2S/c1-7-28(5)17-20-9-8-10-22(16-20)21-11-13-23(14-12-21)32(30,31)27-25-19(4)29(6)26-24(25)15-18(2)3/h8-14,16,18,27H,7,15,17H2,1-6H3. The highest BCUT2D eigenvalue weighted by Crippen LogP contribution is 2.27. The van der Waals surface area contributed by atoms with E-state index in [-0.39, 0.29) is 4.90 Å². The van der Waals surface area contributed by atoms with Crippen LogP contribution in [0.15, 0.2) is 53.4 Å². The first kappa shape index (κ1) is 24.0. The van der Waals surface area contributed by atoms with Crippen LogP contribution in [0.5, 0.6) is 0 Å². The second-order valence-electron chi connectivity index (χ2n) is 8.79. The van der Waals surface area contributed by atoms with E-state index in [1.165, 1.54) is 5.56 Å². The molecule has 1 heterocycles. The van der Waals surface area contributed by atoms with Crippen LogP contribution in [0.3, 0.4) is 0 Å².